The highest BCUT2D eigenvalue weighted by Crippen LogP contribution is 2.23. The fourth-order valence-corrected chi connectivity index (χ4v) is 1.62. The van der Waals surface area contributed by atoms with Crippen molar-refractivity contribution in [2.75, 3.05) is 7.05 Å². The van der Waals surface area contributed by atoms with Crippen LogP contribution in [0.15, 0.2) is 30.5 Å². The Bertz CT molecular complexity index is 597. The Hall–Kier alpha value is -1.88. The molecule has 0 aliphatic heterocycles. The maximum atomic E-state index is 13.7. The van der Waals surface area contributed by atoms with Gasteiger partial charge in [-0.1, -0.05) is 0 Å². The minimum absolute atomic E-state index is 0.261. The van der Waals surface area contributed by atoms with Crippen LogP contribution in [-0.4, -0.2) is 17.0 Å². The van der Waals surface area contributed by atoms with E-state index in [2.05, 4.69) is 15.3 Å². The summed E-state index contributed by atoms with van der Waals surface area (Å²) >= 11 is 0. The number of rotatable bonds is 3. The van der Waals surface area contributed by atoms with E-state index in [-0.39, 0.29) is 5.56 Å². The monoisotopic (exact) mass is 263 g/mol. The fraction of sp³-hybridized carbons (Fsp3) is 0.286. The molecule has 3 nitrogen and oxygen atoms in total. The highest BCUT2D eigenvalue weighted by Gasteiger charge is 2.22. The molecule has 0 aliphatic rings. The van der Waals surface area contributed by atoms with Crippen LogP contribution < -0.4 is 5.32 Å². The molecule has 2 rings (SSSR count). The lowest BCUT2D eigenvalue weighted by molar-refractivity contribution is 0.417. The Kier molecular flexibility index (Phi) is 3.57. The van der Waals surface area contributed by atoms with Gasteiger partial charge in [0.25, 0.3) is 0 Å². The summed E-state index contributed by atoms with van der Waals surface area (Å²) in [5.41, 5.74) is 0.273. The standard InChI is InChI=1S/C14H15F2N3/c1-14(2,17-3)13-18-7-6-12(19-13)10-5-4-9(15)8-11(10)16/h4-8,17H,1-3H3. The molecule has 0 bridgehead atoms. The van der Waals surface area contributed by atoms with Gasteiger partial charge in [0.2, 0.25) is 0 Å². The zero-order valence-corrected chi connectivity index (χ0v) is 11.0. The Morgan fingerprint density at radius 3 is 2.53 bits per heavy atom. The van der Waals surface area contributed by atoms with Gasteiger partial charge in [0.1, 0.15) is 17.5 Å². The molecule has 1 aromatic heterocycles. The van der Waals surface area contributed by atoms with E-state index in [4.69, 9.17) is 0 Å². The molecule has 19 heavy (non-hydrogen) atoms. The Balaban J connectivity index is 2.49. The molecule has 0 saturated carbocycles. The third-order valence-corrected chi connectivity index (χ3v) is 3.05. The van der Waals surface area contributed by atoms with Gasteiger partial charge in [0.15, 0.2) is 0 Å². The minimum Gasteiger partial charge on any atom is -0.308 e. The molecule has 1 heterocycles. The first-order chi connectivity index (χ1) is 8.94. The second kappa shape index (κ2) is 5.01. The van der Waals surface area contributed by atoms with Gasteiger partial charge in [-0.2, -0.15) is 0 Å². The minimum atomic E-state index is -0.632. The molecule has 100 valence electrons. The molecule has 2 aromatic rings. The Labute approximate surface area is 110 Å². The van der Waals surface area contributed by atoms with E-state index in [9.17, 15) is 8.78 Å². The van der Waals surface area contributed by atoms with Crippen LogP contribution in [0, 0.1) is 11.6 Å². The molecule has 0 spiro atoms. The van der Waals surface area contributed by atoms with Gasteiger partial charge in [-0.15, -0.1) is 0 Å². The molecule has 0 aliphatic carbocycles. The van der Waals surface area contributed by atoms with Crippen LogP contribution in [0.3, 0.4) is 0 Å². The number of hydrogen-bond donors (Lipinski definition) is 1. The van der Waals surface area contributed by atoms with Crippen molar-refractivity contribution in [3.8, 4) is 11.3 Å². The van der Waals surface area contributed by atoms with E-state index in [1.807, 2.05) is 13.8 Å². The number of aromatic nitrogens is 2. The first-order valence-electron chi connectivity index (χ1n) is 5.92. The third-order valence-electron chi connectivity index (χ3n) is 3.05. The molecule has 0 fully saturated rings. The summed E-state index contributed by atoms with van der Waals surface area (Å²) in [6.07, 6.45) is 1.57. The summed E-state index contributed by atoms with van der Waals surface area (Å²) in [7, 11) is 1.80. The second-order valence-corrected chi connectivity index (χ2v) is 4.76. The third kappa shape index (κ3) is 2.76. The zero-order chi connectivity index (χ0) is 14.0. The van der Waals surface area contributed by atoms with E-state index in [0.29, 0.717) is 11.5 Å². The normalized spacial score (nSPS) is 11.6. The fourth-order valence-electron chi connectivity index (χ4n) is 1.62. The van der Waals surface area contributed by atoms with E-state index in [0.717, 1.165) is 6.07 Å². The van der Waals surface area contributed by atoms with Crippen LogP contribution in [0.5, 0.6) is 0 Å². The van der Waals surface area contributed by atoms with Gasteiger partial charge in [-0.3, -0.25) is 0 Å². The molecular formula is C14H15F2N3. The predicted octanol–water partition coefficient (Wildman–Crippen LogP) is 2.88. The highest BCUT2D eigenvalue weighted by atomic mass is 19.1. The van der Waals surface area contributed by atoms with E-state index in [1.54, 1.807) is 19.3 Å². The van der Waals surface area contributed by atoms with Crippen molar-refractivity contribution in [1.29, 1.82) is 0 Å². The van der Waals surface area contributed by atoms with Crippen LogP contribution in [0.1, 0.15) is 19.7 Å². The number of benzene rings is 1. The maximum absolute atomic E-state index is 13.7. The van der Waals surface area contributed by atoms with E-state index in [1.165, 1.54) is 12.1 Å². The largest absolute Gasteiger partial charge is 0.308 e. The lowest BCUT2D eigenvalue weighted by Gasteiger charge is -2.22. The molecule has 1 N–H and O–H groups in total. The van der Waals surface area contributed by atoms with Gasteiger partial charge >= 0.3 is 0 Å². The van der Waals surface area contributed by atoms with Crippen LogP contribution in [0.25, 0.3) is 11.3 Å². The molecule has 1 aromatic carbocycles. The van der Waals surface area contributed by atoms with Crippen molar-refractivity contribution in [2.24, 2.45) is 0 Å². The average Bonchev–Trinajstić information content (AvgIpc) is 2.39. The molecule has 0 saturated heterocycles. The highest BCUT2D eigenvalue weighted by molar-refractivity contribution is 5.59. The molecule has 0 atom stereocenters. The maximum Gasteiger partial charge on any atom is 0.148 e. The molecule has 0 radical (unpaired) electrons. The van der Waals surface area contributed by atoms with Gasteiger partial charge in [0.05, 0.1) is 11.2 Å². The van der Waals surface area contributed by atoms with Crippen molar-refractivity contribution in [3.05, 3.63) is 47.9 Å². The predicted molar refractivity (Wildman–Crippen MR) is 69.5 cm³/mol. The van der Waals surface area contributed by atoms with Gasteiger partial charge in [0, 0.05) is 17.8 Å². The Morgan fingerprint density at radius 1 is 1.16 bits per heavy atom. The summed E-state index contributed by atoms with van der Waals surface area (Å²) in [6, 6.07) is 5.04. The van der Waals surface area contributed by atoms with Crippen molar-refractivity contribution in [3.63, 3.8) is 0 Å². The summed E-state index contributed by atoms with van der Waals surface area (Å²) < 4.78 is 26.6. The first-order valence-corrected chi connectivity index (χ1v) is 5.92. The second-order valence-electron chi connectivity index (χ2n) is 4.76. The van der Waals surface area contributed by atoms with E-state index >= 15 is 0 Å². The molecular weight excluding hydrogens is 248 g/mol. The van der Waals surface area contributed by atoms with Gasteiger partial charge in [-0.05, 0) is 39.1 Å². The topological polar surface area (TPSA) is 37.8 Å². The molecule has 5 heteroatoms. The van der Waals surface area contributed by atoms with Crippen LogP contribution in [0.2, 0.25) is 0 Å². The van der Waals surface area contributed by atoms with Crippen molar-refractivity contribution in [1.82, 2.24) is 15.3 Å². The first kappa shape index (κ1) is 13.5. The number of nitrogens with zero attached hydrogens (tertiary/aromatic N) is 2. The summed E-state index contributed by atoms with van der Waals surface area (Å²) in [4.78, 5) is 8.52. The number of hydrogen-bond acceptors (Lipinski definition) is 3. The quantitative estimate of drug-likeness (QED) is 0.925. The zero-order valence-electron chi connectivity index (χ0n) is 11.0. The smallest absolute Gasteiger partial charge is 0.148 e. The Morgan fingerprint density at radius 2 is 1.89 bits per heavy atom. The summed E-state index contributed by atoms with van der Waals surface area (Å²) in [5.74, 6) is -0.686. The molecule has 0 amide bonds. The average molecular weight is 263 g/mol. The van der Waals surface area contributed by atoms with E-state index < -0.39 is 17.2 Å². The van der Waals surface area contributed by atoms with Crippen molar-refractivity contribution >= 4 is 0 Å². The van der Waals surface area contributed by atoms with Gasteiger partial charge in [-0.25, -0.2) is 18.7 Å². The lowest BCUT2D eigenvalue weighted by Crippen LogP contribution is -2.35. The van der Waals surface area contributed by atoms with Crippen molar-refractivity contribution in [2.45, 2.75) is 19.4 Å². The van der Waals surface area contributed by atoms with Crippen molar-refractivity contribution < 1.29 is 8.78 Å². The number of halogens is 2. The summed E-state index contributed by atoms with van der Waals surface area (Å²) in [5, 5.41) is 3.08. The lowest BCUT2D eigenvalue weighted by atomic mass is 10.0. The van der Waals surface area contributed by atoms with Crippen LogP contribution in [-0.2, 0) is 5.54 Å². The SMILES string of the molecule is CNC(C)(C)c1nccc(-c2ccc(F)cc2F)n1. The molecule has 0 unspecified atom stereocenters. The van der Waals surface area contributed by atoms with Gasteiger partial charge < -0.3 is 5.32 Å². The van der Waals surface area contributed by atoms with Crippen LogP contribution >= 0.6 is 0 Å². The number of nitrogens with one attached hydrogen (secondary N) is 1. The summed E-state index contributed by atoms with van der Waals surface area (Å²) in [6.45, 7) is 3.85. The van der Waals surface area contributed by atoms with Crippen LogP contribution in [0.4, 0.5) is 8.78 Å².